The van der Waals surface area contributed by atoms with Gasteiger partial charge in [-0.1, -0.05) is 38.3 Å². The summed E-state index contributed by atoms with van der Waals surface area (Å²) in [4.78, 5) is 0. The van der Waals surface area contributed by atoms with Gasteiger partial charge in [-0.05, 0) is 25.2 Å². The van der Waals surface area contributed by atoms with Gasteiger partial charge in [0.05, 0.1) is 28.6 Å². The maximum absolute atomic E-state index is 6.58. The summed E-state index contributed by atoms with van der Waals surface area (Å²) < 4.78 is 7.84. The van der Waals surface area contributed by atoms with Crippen LogP contribution in [0.15, 0.2) is 6.20 Å². The molecule has 1 aromatic rings. The molecule has 1 heterocycles. The summed E-state index contributed by atoms with van der Waals surface area (Å²) in [7, 11) is 1.77. The minimum atomic E-state index is -0.313. The molecule has 20 heavy (non-hydrogen) atoms. The number of nitrogens with two attached hydrogens (primary N) is 1. The molecule has 0 aromatic carbocycles. The fourth-order valence-electron chi connectivity index (χ4n) is 3.46. The van der Waals surface area contributed by atoms with Gasteiger partial charge in [0.25, 0.3) is 0 Å². The highest BCUT2D eigenvalue weighted by molar-refractivity contribution is 6.31. The first-order valence-corrected chi connectivity index (χ1v) is 7.93. The van der Waals surface area contributed by atoms with E-state index in [0.717, 1.165) is 37.9 Å². The minimum Gasteiger partial charge on any atom is -0.376 e. The predicted molar refractivity (Wildman–Crippen MR) is 81.8 cm³/mol. The van der Waals surface area contributed by atoms with Crippen molar-refractivity contribution in [2.75, 3.05) is 7.11 Å². The summed E-state index contributed by atoms with van der Waals surface area (Å²) in [5, 5.41) is 5.01. The molecule has 2 N–H and O–H groups in total. The number of hydrogen-bond acceptors (Lipinski definition) is 3. The van der Waals surface area contributed by atoms with Crippen molar-refractivity contribution in [1.29, 1.82) is 0 Å². The quantitative estimate of drug-likeness (QED) is 0.904. The first-order chi connectivity index (χ1) is 9.54. The largest absolute Gasteiger partial charge is 0.376 e. The van der Waals surface area contributed by atoms with Gasteiger partial charge in [0.15, 0.2) is 0 Å². The lowest BCUT2D eigenvalue weighted by Gasteiger charge is -2.43. The van der Waals surface area contributed by atoms with Crippen LogP contribution in [0.5, 0.6) is 0 Å². The second-order valence-corrected chi connectivity index (χ2v) is 6.46. The van der Waals surface area contributed by atoms with Crippen molar-refractivity contribution in [3.63, 3.8) is 0 Å². The van der Waals surface area contributed by atoms with Crippen LogP contribution in [0.1, 0.15) is 57.7 Å². The Labute approximate surface area is 126 Å². The predicted octanol–water partition coefficient (Wildman–Crippen LogP) is 3.54. The van der Waals surface area contributed by atoms with E-state index >= 15 is 0 Å². The molecule has 5 heteroatoms. The van der Waals surface area contributed by atoms with Crippen LogP contribution in [0.25, 0.3) is 0 Å². The van der Waals surface area contributed by atoms with Crippen LogP contribution in [-0.2, 0) is 11.3 Å². The summed E-state index contributed by atoms with van der Waals surface area (Å²) in [5.41, 5.74) is 7.19. The van der Waals surface area contributed by atoms with Gasteiger partial charge in [0, 0.05) is 13.7 Å². The average molecular weight is 300 g/mol. The number of rotatable bonds is 5. The number of halogens is 1. The van der Waals surface area contributed by atoms with E-state index in [1.54, 1.807) is 13.3 Å². The Morgan fingerprint density at radius 1 is 1.65 bits per heavy atom. The maximum atomic E-state index is 6.58. The molecule has 1 aromatic heterocycles. The first kappa shape index (κ1) is 15.8. The number of aryl methyl sites for hydroxylation is 1. The second kappa shape index (κ2) is 6.46. The molecule has 0 bridgehead atoms. The van der Waals surface area contributed by atoms with Gasteiger partial charge in [-0.25, -0.2) is 0 Å². The number of aromatic nitrogens is 2. The molecule has 0 aliphatic heterocycles. The third kappa shape index (κ3) is 2.87. The van der Waals surface area contributed by atoms with Gasteiger partial charge >= 0.3 is 0 Å². The molecule has 0 spiro atoms. The minimum absolute atomic E-state index is 0.225. The standard InChI is InChI=1S/C15H26ClN3O/c1-4-8-19-13(12(16)10-18-19)14(17)15(20-3)7-5-6-11(2)9-15/h10-11,14H,4-9,17H2,1-3H3. The van der Waals surface area contributed by atoms with E-state index < -0.39 is 0 Å². The molecule has 1 saturated carbocycles. The number of methoxy groups -OCH3 is 1. The van der Waals surface area contributed by atoms with Gasteiger partial charge in [-0.2, -0.15) is 5.10 Å². The highest BCUT2D eigenvalue weighted by Crippen LogP contribution is 2.43. The topological polar surface area (TPSA) is 53.1 Å². The van der Waals surface area contributed by atoms with Crippen LogP contribution in [0.3, 0.4) is 0 Å². The second-order valence-electron chi connectivity index (χ2n) is 6.05. The van der Waals surface area contributed by atoms with E-state index in [1.165, 1.54) is 6.42 Å². The van der Waals surface area contributed by atoms with Crippen molar-refractivity contribution in [2.45, 2.75) is 64.1 Å². The van der Waals surface area contributed by atoms with Crippen molar-refractivity contribution >= 4 is 11.6 Å². The van der Waals surface area contributed by atoms with Crippen molar-refractivity contribution in [3.8, 4) is 0 Å². The van der Waals surface area contributed by atoms with Crippen molar-refractivity contribution in [2.24, 2.45) is 11.7 Å². The van der Waals surface area contributed by atoms with Crippen LogP contribution >= 0.6 is 11.6 Å². The lowest BCUT2D eigenvalue weighted by Crippen LogP contribution is -2.47. The van der Waals surface area contributed by atoms with Gasteiger partial charge in [-0.15, -0.1) is 0 Å². The lowest BCUT2D eigenvalue weighted by atomic mass is 9.74. The number of nitrogens with zero attached hydrogens (tertiary/aromatic N) is 2. The molecule has 1 aliphatic carbocycles. The highest BCUT2D eigenvalue weighted by Gasteiger charge is 2.43. The van der Waals surface area contributed by atoms with E-state index in [1.807, 2.05) is 4.68 Å². The summed E-state index contributed by atoms with van der Waals surface area (Å²) in [5.74, 6) is 0.635. The zero-order chi connectivity index (χ0) is 14.8. The van der Waals surface area contributed by atoms with Crippen LogP contribution in [0.2, 0.25) is 5.02 Å². The van der Waals surface area contributed by atoms with E-state index in [4.69, 9.17) is 22.1 Å². The Hall–Kier alpha value is -0.580. The monoisotopic (exact) mass is 299 g/mol. The molecule has 114 valence electrons. The molecule has 2 rings (SSSR count). The fraction of sp³-hybridized carbons (Fsp3) is 0.800. The van der Waals surface area contributed by atoms with Crippen molar-refractivity contribution in [3.05, 3.63) is 16.9 Å². The summed E-state index contributed by atoms with van der Waals surface area (Å²) in [6.45, 7) is 5.23. The number of ether oxygens (including phenoxy) is 1. The van der Waals surface area contributed by atoms with Gasteiger partial charge in [-0.3, -0.25) is 4.68 Å². The molecular formula is C15H26ClN3O. The Balaban J connectivity index is 2.32. The molecule has 0 saturated heterocycles. The lowest BCUT2D eigenvalue weighted by molar-refractivity contribution is -0.0734. The third-order valence-electron chi connectivity index (χ3n) is 4.53. The smallest absolute Gasteiger partial charge is 0.0888 e. The Morgan fingerprint density at radius 3 is 3.00 bits per heavy atom. The maximum Gasteiger partial charge on any atom is 0.0888 e. The number of hydrogen-bond donors (Lipinski definition) is 1. The summed E-state index contributed by atoms with van der Waals surface area (Å²) in [6, 6.07) is -0.225. The van der Waals surface area contributed by atoms with Crippen LogP contribution in [0, 0.1) is 5.92 Å². The molecule has 3 atom stereocenters. The Bertz CT molecular complexity index is 448. The molecule has 1 aliphatic rings. The molecule has 0 radical (unpaired) electrons. The van der Waals surface area contributed by atoms with Gasteiger partial charge in [0.1, 0.15) is 0 Å². The molecule has 4 nitrogen and oxygen atoms in total. The van der Waals surface area contributed by atoms with Gasteiger partial charge < -0.3 is 10.5 Å². The SMILES string of the molecule is CCCn1ncc(Cl)c1C(N)C1(OC)CCCC(C)C1. The van der Waals surface area contributed by atoms with E-state index in [2.05, 4.69) is 18.9 Å². The van der Waals surface area contributed by atoms with E-state index in [-0.39, 0.29) is 11.6 Å². The summed E-state index contributed by atoms with van der Waals surface area (Å²) in [6.07, 6.45) is 7.08. The molecule has 3 unspecified atom stereocenters. The normalized spacial score (nSPS) is 28.6. The summed E-state index contributed by atoms with van der Waals surface area (Å²) >= 11 is 6.33. The van der Waals surface area contributed by atoms with Gasteiger partial charge in [0.2, 0.25) is 0 Å². The van der Waals surface area contributed by atoms with Crippen molar-refractivity contribution < 1.29 is 4.74 Å². The average Bonchev–Trinajstić information content (AvgIpc) is 2.79. The van der Waals surface area contributed by atoms with Crippen LogP contribution in [-0.4, -0.2) is 22.5 Å². The first-order valence-electron chi connectivity index (χ1n) is 7.56. The van der Waals surface area contributed by atoms with E-state index in [9.17, 15) is 0 Å². The zero-order valence-corrected chi connectivity index (χ0v) is 13.5. The molecule has 0 amide bonds. The van der Waals surface area contributed by atoms with Crippen LogP contribution < -0.4 is 5.73 Å². The molecule has 1 fully saturated rings. The van der Waals surface area contributed by atoms with Crippen LogP contribution in [0.4, 0.5) is 0 Å². The zero-order valence-electron chi connectivity index (χ0n) is 12.7. The third-order valence-corrected chi connectivity index (χ3v) is 4.82. The molecular weight excluding hydrogens is 274 g/mol. The fourth-order valence-corrected chi connectivity index (χ4v) is 3.72. The van der Waals surface area contributed by atoms with Crippen molar-refractivity contribution in [1.82, 2.24) is 9.78 Å². The Kier molecular flexibility index (Phi) is 5.10. The highest BCUT2D eigenvalue weighted by atomic mass is 35.5. The van der Waals surface area contributed by atoms with E-state index in [0.29, 0.717) is 10.9 Å². The Morgan fingerprint density at radius 2 is 2.40 bits per heavy atom.